The first-order valence-corrected chi connectivity index (χ1v) is 8.76. The van der Waals surface area contributed by atoms with E-state index >= 15 is 0 Å². The van der Waals surface area contributed by atoms with E-state index in [9.17, 15) is 9.59 Å². The predicted molar refractivity (Wildman–Crippen MR) is 103 cm³/mol. The van der Waals surface area contributed by atoms with E-state index < -0.39 is 0 Å². The van der Waals surface area contributed by atoms with Gasteiger partial charge in [0.15, 0.2) is 5.78 Å². The van der Waals surface area contributed by atoms with E-state index in [0.29, 0.717) is 16.7 Å². The first-order valence-electron chi connectivity index (χ1n) is 8.76. The molecule has 26 heavy (non-hydrogen) atoms. The Morgan fingerprint density at radius 1 is 0.769 bits per heavy atom. The lowest BCUT2D eigenvalue weighted by molar-refractivity contribution is 0.0979. The van der Waals surface area contributed by atoms with Crippen LogP contribution in [0.1, 0.15) is 38.8 Å². The summed E-state index contributed by atoms with van der Waals surface area (Å²) in [6, 6.07) is 24.3. The molecule has 1 amide bonds. The highest BCUT2D eigenvalue weighted by Crippen LogP contribution is 2.33. The average molecular weight is 341 g/mol. The lowest BCUT2D eigenvalue weighted by Crippen LogP contribution is -2.35. The quantitative estimate of drug-likeness (QED) is 0.657. The van der Waals surface area contributed by atoms with Gasteiger partial charge in [0, 0.05) is 28.4 Å². The van der Waals surface area contributed by atoms with Crippen LogP contribution < -0.4 is 4.90 Å². The number of carbonyl (C=O) groups excluding carboxylic acids is 2. The van der Waals surface area contributed by atoms with E-state index in [2.05, 4.69) is 13.0 Å². The van der Waals surface area contributed by atoms with Crippen molar-refractivity contribution >= 4 is 17.4 Å². The van der Waals surface area contributed by atoms with Gasteiger partial charge in [-0.15, -0.1) is 0 Å². The molecule has 3 aromatic carbocycles. The zero-order valence-electron chi connectivity index (χ0n) is 14.6. The smallest absolute Gasteiger partial charge is 0.258 e. The summed E-state index contributed by atoms with van der Waals surface area (Å²) in [6.07, 6.45) is 0.868. The van der Waals surface area contributed by atoms with Crippen LogP contribution in [0.3, 0.4) is 0 Å². The number of hydrogen-bond donors (Lipinski definition) is 0. The fraction of sp³-hybridized carbons (Fsp3) is 0.130. The number of benzene rings is 3. The van der Waals surface area contributed by atoms with Gasteiger partial charge < -0.3 is 4.90 Å². The maximum Gasteiger partial charge on any atom is 0.258 e. The Labute approximate surface area is 152 Å². The van der Waals surface area contributed by atoms with Gasteiger partial charge in [-0.05, 0) is 37.1 Å². The van der Waals surface area contributed by atoms with Crippen LogP contribution in [0.4, 0.5) is 5.69 Å². The molecule has 0 saturated heterocycles. The minimum absolute atomic E-state index is 0.0267. The Morgan fingerprint density at radius 3 is 2.08 bits per heavy atom. The van der Waals surface area contributed by atoms with Gasteiger partial charge in [-0.1, -0.05) is 60.7 Å². The number of nitrogens with zero attached hydrogens (tertiary/aromatic N) is 1. The summed E-state index contributed by atoms with van der Waals surface area (Å²) in [5, 5.41) is 0. The molecule has 3 heteroatoms. The molecule has 1 heterocycles. The molecule has 4 rings (SSSR count). The van der Waals surface area contributed by atoms with Gasteiger partial charge >= 0.3 is 0 Å². The van der Waals surface area contributed by atoms with Crippen LogP contribution >= 0.6 is 0 Å². The van der Waals surface area contributed by atoms with E-state index in [4.69, 9.17) is 0 Å². The highest BCUT2D eigenvalue weighted by atomic mass is 16.2. The summed E-state index contributed by atoms with van der Waals surface area (Å²) in [5.41, 5.74) is 4.01. The molecule has 1 aliphatic heterocycles. The molecular weight excluding hydrogens is 322 g/mol. The van der Waals surface area contributed by atoms with Crippen molar-refractivity contribution in [2.45, 2.75) is 19.4 Å². The molecule has 3 nitrogen and oxygen atoms in total. The van der Waals surface area contributed by atoms with Crippen molar-refractivity contribution in [2.75, 3.05) is 4.90 Å². The maximum atomic E-state index is 13.0. The SMILES string of the molecule is C[C@@H]1Cc2ccccc2N1C(=O)c1ccc(C(=O)c2ccccc2)cc1. The second-order valence-corrected chi connectivity index (χ2v) is 6.63. The molecule has 0 N–H and O–H groups in total. The Bertz CT molecular complexity index is 961. The van der Waals surface area contributed by atoms with Crippen LogP contribution in [-0.2, 0) is 6.42 Å². The second kappa shape index (κ2) is 6.60. The number of hydrogen-bond acceptors (Lipinski definition) is 2. The number of para-hydroxylation sites is 1. The first-order chi connectivity index (χ1) is 12.6. The Kier molecular flexibility index (Phi) is 4.13. The van der Waals surface area contributed by atoms with Crippen molar-refractivity contribution in [3.63, 3.8) is 0 Å². The van der Waals surface area contributed by atoms with Gasteiger partial charge in [0.2, 0.25) is 0 Å². The molecule has 0 fully saturated rings. The summed E-state index contributed by atoms with van der Waals surface area (Å²) >= 11 is 0. The Balaban J connectivity index is 1.60. The van der Waals surface area contributed by atoms with Gasteiger partial charge in [-0.3, -0.25) is 9.59 Å². The highest BCUT2D eigenvalue weighted by Gasteiger charge is 2.31. The van der Waals surface area contributed by atoms with Crippen molar-refractivity contribution in [2.24, 2.45) is 0 Å². The molecular formula is C23H19NO2. The summed E-state index contributed by atoms with van der Waals surface area (Å²) in [7, 11) is 0. The van der Waals surface area contributed by atoms with Crippen molar-refractivity contribution in [1.29, 1.82) is 0 Å². The van der Waals surface area contributed by atoms with Gasteiger partial charge in [0.05, 0.1) is 0 Å². The minimum Gasteiger partial charge on any atom is -0.305 e. The minimum atomic E-state index is -0.0375. The molecule has 128 valence electrons. The van der Waals surface area contributed by atoms with E-state index in [0.717, 1.165) is 12.1 Å². The van der Waals surface area contributed by atoms with E-state index in [1.165, 1.54) is 5.56 Å². The lowest BCUT2D eigenvalue weighted by atomic mass is 10.0. The maximum absolute atomic E-state index is 13.0. The lowest BCUT2D eigenvalue weighted by Gasteiger charge is -2.22. The third-order valence-corrected chi connectivity index (χ3v) is 4.86. The summed E-state index contributed by atoms with van der Waals surface area (Å²) < 4.78 is 0. The van der Waals surface area contributed by atoms with E-state index in [-0.39, 0.29) is 17.7 Å². The van der Waals surface area contributed by atoms with Gasteiger partial charge in [-0.2, -0.15) is 0 Å². The standard InChI is InChI=1S/C23H19NO2/c1-16-15-20-9-5-6-10-21(20)24(16)23(26)19-13-11-18(12-14-19)22(25)17-7-3-2-4-8-17/h2-14,16H,15H2,1H3/t16-/m1/s1. The zero-order chi connectivity index (χ0) is 18.1. The molecule has 0 aliphatic carbocycles. The molecule has 0 aromatic heterocycles. The average Bonchev–Trinajstić information content (AvgIpc) is 3.03. The van der Waals surface area contributed by atoms with E-state index in [1.807, 2.05) is 41.3 Å². The summed E-state index contributed by atoms with van der Waals surface area (Å²) in [5.74, 6) is -0.0642. The van der Waals surface area contributed by atoms with Crippen LogP contribution in [0.15, 0.2) is 78.9 Å². The highest BCUT2D eigenvalue weighted by molar-refractivity contribution is 6.11. The summed E-state index contributed by atoms with van der Waals surface area (Å²) in [6.45, 7) is 2.06. The summed E-state index contributed by atoms with van der Waals surface area (Å²) in [4.78, 5) is 27.4. The number of fused-ring (bicyclic) bond motifs is 1. The Morgan fingerprint density at radius 2 is 1.35 bits per heavy atom. The molecule has 1 atom stereocenters. The third-order valence-electron chi connectivity index (χ3n) is 4.86. The molecule has 0 radical (unpaired) electrons. The molecule has 3 aromatic rings. The number of rotatable bonds is 3. The predicted octanol–water partition coefficient (Wildman–Crippen LogP) is 4.51. The van der Waals surface area contributed by atoms with Gasteiger partial charge in [0.25, 0.3) is 5.91 Å². The van der Waals surface area contributed by atoms with Crippen molar-refractivity contribution in [1.82, 2.24) is 0 Å². The third kappa shape index (κ3) is 2.82. The van der Waals surface area contributed by atoms with Crippen LogP contribution in [0.2, 0.25) is 0 Å². The monoisotopic (exact) mass is 341 g/mol. The molecule has 0 bridgehead atoms. The number of amides is 1. The van der Waals surface area contributed by atoms with Crippen LogP contribution in [-0.4, -0.2) is 17.7 Å². The molecule has 0 unspecified atom stereocenters. The van der Waals surface area contributed by atoms with E-state index in [1.54, 1.807) is 36.4 Å². The fourth-order valence-corrected chi connectivity index (χ4v) is 3.53. The van der Waals surface area contributed by atoms with Crippen molar-refractivity contribution in [3.05, 3.63) is 101 Å². The van der Waals surface area contributed by atoms with Crippen LogP contribution in [0.5, 0.6) is 0 Å². The fourth-order valence-electron chi connectivity index (χ4n) is 3.53. The number of ketones is 1. The normalized spacial score (nSPS) is 15.6. The van der Waals surface area contributed by atoms with Gasteiger partial charge in [0.1, 0.15) is 0 Å². The number of carbonyl (C=O) groups is 2. The topological polar surface area (TPSA) is 37.4 Å². The van der Waals surface area contributed by atoms with Crippen molar-refractivity contribution in [3.8, 4) is 0 Å². The van der Waals surface area contributed by atoms with Crippen molar-refractivity contribution < 1.29 is 9.59 Å². The van der Waals surface area contributed by atoms with Crippen LogP contribution in [0.25, 0.3) is 0 Å². The largest absolute Gasteiger partial charge is 0.305 e. The zero-order valence-corrected chi connectivity index (χ0v) is 14.6. The molecule has 0 spiro atoms. The second-order valence-electron chi connectivity index (χ2n) is 6.63. The van der Waals surface area contributed by atoms with Crippen LogP contribution in [0, 0.1) is 0 Å². The Hall–Kier alpha value is -3.20. The molecule has 1 aliphatic rings. The first kappa shape index (κ1) is 16.3. The number of anilines is 1. The molecule has 0 saturated carbocycles. The van der Waals surface area contributed by atoms with Gasteiger partial charge in [-0.25, -0.2) is 0 Å².